The molecule has 2 heterocycles. The average molecular weight is 395 g/mol. The van der Waals surface area contributed by atoms with Crippen LogP contribution in [0.5, 0.6) is 0 Å². The van der Waals surface area contributed by atoms with Crippen molar-refractivity contribution in [3.8, 4) is 11.1 Å². The van der Waals surface area contributed by atoms with Crippen molar-refractivity contribution >= 4 is 23.2 Å². The molecule has 0 radical (unpaired) electrons. The van der Waals surface area contributed by atoms with Crippen LogP contribution in [0.4, 0.5) is 4.39 Å². The Morgan fingerprint density at radius 2 is 1.96 bits per heavy atom. The Bertz CT molecular complexity index is 992. The van der Waals surface area contributed by atoms with E-state index in [-0.39, 0.29) is 17.6 Å². The SMILES string of the molecule is O=C(c1ccc(-c2ccccc2)c(F)c1)[C@@H]1CCCN(C(=O)c2csnn2)C1. The highest BCUT2D eigenvalue weighted by Gasteiger charge is 2.30. The lowest BCUT2D eigenvalue weighted by atomic mass is 9.89. The molecule has 28 heavy (non-hydrogen) atoms. The highest BCUT2D eigenvalue weighted by Crippen LogP contribution is 2.27. The number of rotatable bonds is 4. The van der Waals surface area contributed by atoms with Gasteiger partial charge in [0, 0.05) is 35.5 Å². The first-order valence-electron chi connectivity index (χ1n) is 9.09. The summed E-state index contributed by atoms with van der Waals surface area (Å²) in [6.07, 6.45) is 1.41. The van der Waals surface area contributed by atoms with E-state index in [2.05, 4.69) is 9.59 Å². The Kier molecular flexibility index (Phi) is 5.25. The summed E-state index contributed by atoms with van der Waals surface area (Å²) in [5.74, 6) is -1.11. The van der Waals surface area contributed by atoms with E-state index in [0.717, 1.165) is 23.5 Å². The molecular formula is C21H18FN3O2S. The van der Waals surface area contributed by atoms with Crippen molar-refractivity contribution in [2.45, 2.75) is 12.8 Å². The predicted molar refractivity (Wildman–Crippen MR) is 105 cm³/mol. The van der Waals surface area contributed by atoms with E-state index < -0.39 is 5.82 Å². The van der Waals surface area contributed by atoms with Gasteiger partial charge in [0.1, 0.15) is 5.82 Å². The Labute approximate surface area is 166 Å². The summed E-state index contributed by atoms with van der Waals surface area (Å²) in [5, 5.41) is 5.41. The number of piperidine rings is 1. The zero-order valence-electron chi connectivity index (χ0n) is 15.0. The van der Waals surface area contributed by atoms with Crippen LogP contribution in [0, 0.1) is 11.7 Å². The number of carbonyl (C=O) groups excluding carboxylic acids is 2. The van der Waals surface area contributed by atoms with E-state index in [0.29, 0.717) is 36.3 Å². The molecule has 0 spiro atoms. The largest absolute Gasteiger partial charge is 0.336 e. The highest BCUT2D eigenvalue weighted by atomic mass is 32.1. The lowest BCUT2D eigenvalue weighted by molar-refractivity contribution is 0.0632. The van der Waals surface area contributed by atoms with Gasteiger partial charge in [-0.1, -0.05) is 47.0 Å². The first-order valence-corrected chi connectivity index (χ1v) is 9.92. The maximum Gasteiger partial charge on any atom is 0.275 e. The van der Waals surface area contributed by atoms with Gasteiger partial charge in [-0.25, -0.2) is 4.39 Å². The first kappa shape index (κ1) is 18.4. The molecule has 3 aromatic rings. The minimum absolute atomic E-state index is 0.132. The van der Waals surface area contributed by atoms with Gasteiger partial charge in [-0.2, -0.15) is 0 Å². The molecule has 4 rings (SSSR count). The van der Waals surface area contributed by atoms with Gasteiger partial charge in [-0.05, 0) is 36.0 Å². The van der Waals surface area contributed by atoms with Crippen LogP contribution < -0.4 is 0 Å². The van der Waals surface area contributed by atoms with Crippen molar-refractivity contribution in [2.24, 2.45) is 5.92 Å². The molecule has 5 nitrogen and oxygen atoms in total. The number of Topliss-reactive ketones (excluding diaryl/α,β-unsaturated/α-hetero) is 1. The van der Waals surface area contributed by atoms with Crippen molar-refractivity contribution in [3.05, 3.63) is 71.0 Å². The summed E-state index contributed by atoms with van der Waals surface area (Å²) in [7, 11) is 0. The zero-order valence-corrected chi connectivity index (χ0v) is 15.9. The molecule has 1 aromatic heterocycles. The molecule has 7 heteroatoms. The van der Waals surface area contributed by atoms with Crippen LogP contribution >= 0.6 is 11.5 Å². The number of halogens is 1. The van der Waals surface area contributed by atoms with Gasteiger partial charge in [0.25, 0.3) is 5.91 Å². The summed E-state index contributed by atoms with van der Waals surface area (Å²) < 4.78 is 18.3. The molecule has 1 aliphatic rings. The van der Waals surface area contributed by atoms with Crippen LogP contribution in [0.15, 0.2) is 53.9 Å². The third-order valence-electron chi connectivity index (χ3n) is 5.00. The molecule has 1 fully saturated rings. The molecule has 142 valence electrons. The molecule has 1 amide bonds. The molecule has 1 saturated heterocycles. The number of hydrogen-bond donors (Lipinski definition) is 0. The fourth-order valence-corrected chi connectivity index (χ4v) is 3.98. The van der Waals surface area contributed by atoms with E-state index in [4.69, 9.17) is 0 Å². The first-order chi connectivity index (χ1) is 13.6. The van der Waals surface area contributed by atoms with Gasteiger partial charge in [-0.15, -0.1) is 5.10 Å². The van der Waals surface area contributed by atoms with Crippen LogP contribution in [0.2, 0.25) is 0 Å². The number of benzene rings is 2. The molecule has 0 aliphatic carbocycles. The summed E-state index contributed by atoms with van der Waals surface area (Å²) in [4.78, 5) is 27.0. The minimum atomic E-state index is -0.422. The lowest BCUT2D eigenvalue weighted by Crippen LogP contribution is -2.42. The van der Waals surface area contributed by atoms with Crippen LogP contribution in [0.1, 0.15) is 33.7 Å². The number of hydrogen-bond acceptors (Lipinski definition) is 5. The molecule has 0 bridgehead atoms. The Balaban J connectivity index is 1.51. The van der Waals surface area contributed by atoms with Gasteiger partial charge in [-0.3, -0.25) is 9.59 Å². The van der Waals surface area contributed by atoms with E-state index in [1.807, 2.05) is 30.3 Å². The van der Waals surface area contributed by atoms with E-state index in [1.165, 1.54) is 6.07 Å². The van der Waals surface area contributed by atoms with Crippen molar-refractivity contribution in [2.75, 3.05) is 13.1 Å². The zero-order chi connectivity index (χ0) is 19.5. The molecule has 1 atom stereocenters. The molecule has 0 N–H and O–H groups in total. The number of nitrogens with zero attached hydrogens (tertiary/aromatic N) is 3. The van der Waals surface area contributed by atoms with E-state index >= 15 is 0 Å². The van der Waals surface area contributed by atoms with Crippen molar-refractivity contribution in [3.63, 3.8) is 0 Å². The molecular weight excluding hydrogens is 377 g/mol. The lowest BCUT2D eigenvalue weighted by Gasteiger charge is -2.31. The fourth-order valence-electron chi connectivity index (χ4n) is 3.55. The predicted octanol–water partition coefficient (Wildman–Crippen LogP) is 4.08. The van der Waals surface area contributed by atoms with Crippen LogP contribution in [-0.4, -0.2) is 39.3 Å². The highest BCUT2D eigenvalue weighted by molar-refractivity contribution is 7.03. The van der Waals surface area contributed by atoms with Gasteiger partial charge in [0.05, 0.1) is 0 Å². The van der Waals surface area contributed by atoms with Crippen molar-refractivity contribution in [1.82, 2.24) is 14.5 Å². The van der Waals surface area contributed by atoms with Crippen LogP contribution in [0.3, 0.4) is 0 Å². The van der Waals surface area contributed by atoms with Gasteiger partial charge in [0.15, 0.2) is 11.5 Å². The standard InChI is InChI=1S/C21H18FN3O2S/c22-18-11-15(8-9-17(18)14-5-2-1-3-6-14)20(26)16-7-4-10-25(12-16)21(27)19-13-28-24-23-19/h1-3,5-6,8-9,11,13,16H,4,7,10,12H2/t16-/m1/s1. The second kappa shape index (κ2) is 7.98. The summed E-state index contributed by atoms with van der Waals surface area (Å²) in [5.41, 5.74) is 1.88. The van der Waals surface area contributed by atoms with Gasteiger partial charge in [0.2, 0.25) is 0 Å². The van der Waals surface area contributed by atoms with Crippen LogP contribution in [0.25, 0.3) is 11.1 Å². The Morgan fingerprint density at radius 1 is 1.14 bits per heavy atom. The normalized spacial score (nSPS) is 16.8. The van der Waals surface area contributed by atoms with E-state index in [9.17, 15) is 14.0 Å². The van der Waals surface area contributed by atoms with Gasteiger partial charge >= 0.3 is 0 Å². The monoisotopic (exact) mass is 395 g/mol. The molecule has 0 unspecified atom stereocenters. The number of ketones is 1. The van der Waals surface area contributed by atoms with Crippen molar-refractivity contribution in [1.29, 1.82) is 0 Å². The summed E-state index contributed by atoms with van der Waals surface area (Å²) >= 11 is 1.12. The molecule has 0 saturated carbocycles. The number of amides is 1. The summed E-state index contributed by atoms with van der Waals surface area (Å²) in [6, 6.07) is 13.8. The summed E-state index contributed by atoms with van der Waals surface area (Å²) in [6.45, 7) is 0.901. The number of aromatic nitrogens is 2. The average Bonchev–Trinajstić information content (AvgIpc) is 3.28. The second-order valence-electron chi connectivity index (χ2n) is 6.81. The Morgan fingerprint density at radius 3 is 2.68 bits per heavy atom. The van der Waals surface area contributed by atoms with E-state index in [1.54, 1.807) is 22.4 Å². The maximum absolute atomic E-state index is 14.6. The maximum atomic E-state index is 14.6. The number of likely N-dealkylation sites (tertiary alicyclic amines) is 1. The fraction of sp³-hybridized carbons (Fsp3) is 0.238. The third kappa shape index (κ3) is 3.71. The number of carbonyl (C=O) groups is 2. The minimum Gasteiger partial charge on any atom is -0.336 e. The topological polar surface area (TPSA) is 63.2 Å². The smallest absolute Gasteiger partial charge is 0.275 e. The quantitative estimate of drug-likeness (QED) is 0.625. The van der Waals surface area contributed by atoms with Crippen molar-refractivity contribution < 1.29 is 14.0 Å². The van der Waals surface area contributed by atoms with Gasteiger partial charge < -0.3 is 4.90 Å². The molecule has 1 aliphatic heterocycles. The third-order valence-corrected chi connectivity index (χ3v) is 5.50. The second-order valence-corrected chi connectivity index (χ2v) is 7.42. The van der Waals surface area contributed by atoms with Crippen LogP contribution in [-0.2, 0) is 0 Å². The Hall–Kier alpha value is -2.93. The molecule has 2 aromatic carbocycles.